The Kier molecular flexibility index (Phi) is 9.57. The third kappa shape index (κ3) is 7.06. The Morgan fingerprint density at radius 1 is 1.25 bits per heavy atom. The summed E-state index contributed by atoms with van der Waals surface area (Å²) in [4.78, 5) is 11.4. The van der Waals surface area contributed by atoms with Crippen LogP contribution in [0.3, 0.4) is 0 Å². The van der Waals surface area contributed by atoms with Crippen LogP contribution < -0.4 is 4.74 Å². The Balaban J connectivity index is 1.49. The number of fused-ring (bicyclic) bond motifs is 1. The van der Waals surface area contributed by atoms with Crippen LogP contribution in [-0.4, -0.2) is 52.8 Å². The summed E-state index contributed by atoms with van der Waals surface area (Å²) in [5.41, 5.74) is 0. The number of hydrogen-bond acceptors (Lipinski definition) is 5. The van der Waals surface area contributed by atoms with E-state index in [0.717, 1.165) is 32.1 Å². The van der Waals surface area contributed by atoms with Crippen LogP contribution in [0.5, 0.6) is 5.75 Å². The molecule has 6 heteroatoms. The number of aliphatic hydroxyl groups excluding tert-OH is 2. The van der Waals surface area contributed by atoms with Gasteiger partial charge in [0.2, 0.25) is 0 Å². The van der Waals surface area contributed by atoms with Gasteiger partial charge in [-0.15, -0.1) is 0 Å². The number of benzene rings is 1. The molecule has 3 N–H and O–H groups in total. The maximum Gasteiger partial charge on any atom is 0.306 e. The van der Waals surface area contributed by atoms with Crippen molar-refractivity contribution in [3.8, 4) is 5.75 Å². The summed E-state index contributed by atoms with van der Waals surface area (Å²) >= 11 is 0. The van der Waals surface area contributed by atoms with Gasteiger partial charge in [-0.2, -0.15) is 0 Å². The van der Waals surface area contributed by atoms with Gasteiger partial charge < -0.3 is 24.8 Å². The highest BCUT2D eigenvalue weighted by Crippen LogP contribution is 2.42. The second-order valence-electron chi connectivity index (χ2n) is 9.34. The van der Waals surface area contributed by atoms with Crippen molar-refractivity contribution < 1.29 is 29.6 Å². The molecular formula is C26H38O6. The Morgan fingerprint density at radius 2 is 2.03 bits per heavy atom. The van der Waals surface area contributed by atoms with E-state index in [1.54, 1.807) is 6.08 Å². The zero-order valence-corrected chi connectivity index (χ0v) is 19.0. The minimum Gasteiger partial charge on any atom is -0.491 e. The average Bonchev–Trinajstić information content (AvgIpc) is 2.95. The van der Waals surface area contributed by atoms with Gasteiger partial charge in [0, 0.05) is 18.9 Å². The highest BCUT2D eigenvalue weighted by Gasteiger charge is 2.43. The maximum absolute atomic E-state index is 11.4. The van der Waals surface area contributed by atoms with Gasteiger partial charge in [-0.3, -0.25) is 4.79 Å². The zero-order valence-electron chi connectivity index (χ0n) is 19.0. The van der Waals surface area contributed by atoms with E-state index >= 15 is 0 Å². The molecule has 2 aliphatic rings. The van der Waals surface area contributed by atoms with Gasteiger partial charge in [0.15, 0.2) is 0 Å². The predicted octanol–water partition coefficient (Wildman–Crippen LogP) is 4.06. The fourth-order valence-electron chi connectivity index (χ4n) is 5.13. The first-order valence-corrected chi connectivity index (χ1v) is 12.0. The van der Waals surface area contributed by atoms with Gasteiger partial charge in [-0.05, 0) is 56.1 Å². The Hall–Kier alpha value is -1.89. The van der Waals surface area contributed by atoms with Crippen LogP contribution in [0.15, 0.2) is 42.5 Å². The number of para-hydroxylation sites is 1. The molecule has 1 aromatic carbocycles. The molecular weight excluding hydrogens is 408 g/mol. The van der Waals surface area contributed by atoms with Crippen molar-refractivity contribution in [2.45, 2.75) is 70.2 Å². The Bertz CT molecular complexity index is 720. The lowest BCUT2D eigenvalue weighted by Gasteiger charge is -2.21. The SMILES string of the molecule is CCCC(CC[C@@H]1CC[C@@H]2[C@@H](C=C[C@@H](O)COc3ccccc3)[C@H](O)C[C@@H]2OC1)C(=O)O. The minimum atomic E-state index is -0.743. The molecule has 7 atom stereocenters. The summed E-state index contributed by atoms with van der Waals surface area (Å²) in [7, 11) is 0. The first-order valence-electron chi connectivity index (χ1n) is 12.0. The maximum atomic E-state index is 11.4. The van der Waals surface area contributed by atoms with Gasteiger partial charge >= 0.3 is 5.97 Å². The molecule has 0 bridgehead atoms. The van der Waals surface area contributed by atoms with Crippen LogP contribution in [0.25, 0.3) is 0 Å². The molecule has 1 saturated carbocycles. The second-order valence-corrected chi connectivity index (χ2v) is 9.34. The number of hydrogen-bond donors (Lipinski definition) is 3. The van der Waals surface area contributed by atoms with E-state index in [4.69, 9.17) is 9.47 Å². The van der Waals surface area contributed by atoms with Crippen LogP contribution in [0.1, 0.15) is 51.9 Å². The molecule has 1 aromatic rings. The van der Waals surface area contributed by atoms with E-state index in [1.165, 1.54) is 0 Å². The third-order valence-electron chi connectivity index (χ3n) is 6.97. The zero-order chi connectivity index (χ0) is 22.9. The summed E-state index contributed by atoms with van der Waals surface area (Å²) in [6.07, 6.45) is 8.18. The number of carbonyl (C=O) groups is 1. The fraction of sp³-hybridized carbons (Fsp3) is 0.654. The standard InChI is InChI=1S/C26H38O6/c1-2-6-19(26(29)30)11-9-18-10-13-23-22(24(28)15-25(23)32-16-18)14-12-20(27)17-31-21-7-4-3-5-8-21/h3-5,7-8,12,14,18-20,22-25,27-28H,2,6,9-11,13,15-17H2,1H3,(H,29,30)/t18-,19?,20-,22-,23-,24-,25+/m1/s1. The predicted molar refractivity (Wildman–Crippen MR) is 122 cm³/mol. The number of carboxylic acid groups (broad SMARTS) is 1. The topological polar surface area (TPSA) is 96.2 Å². The van der Waals surface area contributed by atoms with Gasteiger partial charge in [0.1, 0.15) is 18.5 Å². The molecule has 6 nitrogen and oxygen atoms in total. The first kappa shape index (κ1) is 24.7. The lowest BCUT2D eigenvalue weighted by molar-refractivity contribution is -0.142. The third-order valence-corrected chi connectivity index (χ3v) is 6.97. The molecule has 2 fully saturated rings. The first-order chi connectivity index (χ1) is 15.5. The van der Waals surface area contributed by atoms with E-state index in [1.807, 2.05) is 43.3 Å². The van der Waals surface area contributed by atoms with Gasteiger partial charge in [-0.25, -0.2) is 0 Å². The van der Waals surface area contributed by atoms with Crippen molar-refractivity contribution in [1.29, 1.82) is 0 Å². The van der Waals surface area contributed by atoms with Gasteiger partial charge in [0.05, 0.1) is 18.1 Å². The van der Waals surface area contributed by atoms with Gasteiger partial charge in [0.25, 0.3) is 0 Å². The van der Waals surface area contributed by atoms with Crippen molar-refractivity contribution in [1.82, 2.24) is 0 Å². The summed E-state index contributed by atoms with van der Waals surface area (Å²) in [6.45, 7) is 2.82. The highest BCUT2D eigenvalue weighted by molar-refractivity contribution is 5.69. The molecule has 0 radical (unpaired) electrons. The molecule has 0 amide bonds. The summed E-state index contributed by atoms with van der Waals surface area (Å²) in [6, 6.07) is 9.38. The number of carboxylic acids is 1. The van der Waals surface area contributed by atoms with Crippen LogP contribution in [0.2, 0.25) is 0 Å². The Labute approximate surface area is 191 Å². The van der Waals surface area contributed by atoms with E-state index in [0.29, 0.717) is 31.1 Å². The summed E-state index contributed by atoms with van der Waals surface area (Å²) in [5, 5.41) is 30.3. The van der Waals surface area contributed by atoms with E-state index in [2.05, 4.69) is 0 Å². The van der Waals surface area contributed by atoms with E-state index < -0.39 is 18.2 Å². The van der Waals surface area contributed by atoms with Crippen molar-refractivity contribution in [2.24, 2.45) is 23.7 Å². The Morgan fingerprint density at radius 3 is 2.75 bits per heavy atom. The molecule has 1 aliphatic heterocycles. The molecule has 1 aliphatic carbocycles. The lowest BCUT2D eigenvalue weighted by Crippen LogP contribution is -2.22. The number of aliphatic carboxylic acids is 1. The minimum absolute atomic E-state index is 0.0216. The molecule has 1 heterocycles. The normalized spacial score (nSPS) is 29.9. The molecule has 32 heavy (non-hydrogen) atoms. The number of rotatable bonds is 11. The molecule has 3 rings (SSSR count). The molecule has 1 saturated heterocycles. The molecule has 0 aromatic heterocycles. The number of aliphatic hydroxyl groups is 2. The van der Waals surface area contributed by atoms with Gasteiger partial charge in [-0.1, -0.05) is 43.7 Å². The van der Waals surface area contributed by atoms with E-state index in [-0.39, 0.29) is 30.5 Å². The lowest BCUT2D eigenvalue weighted by atomic mass is 9.85. The summed E-state index contributed by atoms with van der Waals surface area (Å²) < 4.78 is 11.8. The van der Waals surface area contributed by atoms with E-state index in [9.17, 15) is 20.1 Å². The monoisotopic (exact) mass is 446 g/mol. The van der Waals surface area contributed by atoms with Crippen molar-refractivity contribution in [3.05, 3.63) is 42.5 Å². The van der Waals surface area contributed by atoms with Crippen molar-refractivity contribution in [3.63, 3.8) is 0 Å². The molecule has 0 spiro atoms. The van der Waals surface area contributed by atoms with Crippen LogP contribution in [0, 0.1) is 23.7 Å². The van der Waals surface area contributed by atoms with Crippen molar-refractivity contribution in [2.75, 3.05) is 13.2 Å². The highest BCUT2D eigenvalue weighted by atomic mass is 16.5. The molecule has 178 valence electrons. The second kappa shape index (κ2) is 12.4. The molecule has 1 unspecified atom stereocenters. The largest absolute Gasteiger partial charge is 0.491 e. The van der Waals surface area contributed by atoms with Crippen LogP contribution >= 0.6 is 0 Å². The number of ether oxygens (including phenoxy) is 2. The average molecular weight is 447 g/mol. The summed E-state index contributed by atoms with van der Waals surface area (Å²) in [5.74, 6) is 0.303. The fourth-order valence-corrected chi connectivity index (χ4v) is 5.13. The van der Waals surface area contributed by atoms with Crippen LogP contribution in [0.4, 0.5) is 0 Å². The van der Waals surface area contributed by atoms with Crippen LogP contribution in [-0.2, 0) is 9.53 Å². The smallest absolute Gasteiger partial charge is 0.306 e. The quantitative estimate of drug-likeness (QED) is 0.444. The van der Waals surface area contributed by atoms with Crippen molar-refractivity contribution >= 4 is 5.97 Å².